The summed E-state index contributed by atoms with van der Waals surface area (Å²) >= 11 is 0. The molecule has 2 unspecified atom stereocenters. The summed E-state index contributed by atoms with van der Waals surface area (Å²) in [6.07, 6.45) is -3.11. The van der Waals surface area contributed by atoms with E-state index in [1.54, 1.807) is 32.0 Å². The Morgan fingerprint density at radius 2 is 1.95 bits per heavy atom. The van der Waals surface area contributed by atoms with Crippen molar-refractivity contribution in [1.29, 1.82) is 5.26 Å². The van der Waals surface area contributed by atoms with Crippen molar-refractivity contribution < 1.29 is 38.1 Å². The third-order valence-corrected chi connectivity index (χ3v) is 7.71. The number of aliphatic hydroxyl groups is 2. The number of esters is 1. The van der Waals surface area contributed by atoms with Gasteiger partial charge in [0.15, 0.2) is 11.5 Å². The molecule has 214 valence electrons. The number of anilines is 1. The average molecular weight is 576 g/mol. The number of rotatable bonds is 10. The number of nitrogens with one attached hydrogen (secondary N) is 1. The Morgan fingerprint density at radius 3 is 2.60 bits per heavy atom. The van der Waals surface area contributed by atoms with E-state index in [0.29, 0.717) is 5.52 Å². The van der Waals surface area contributed by atoms with Gasteiger partial charge in [-0.2, -0.15) is 15.4 Å². The highest BCUT2D eigenvalue weighted by Gasteiger charge is 2.64. The van der Waals surface area contributed by atoms with Gasteiger partial charge < -0.3 is 29.9 Å². The van der Waals surface area contributed by atoms with Crippen LogP contribution in [0.15, 0.2) is 48.8 Å². The van der Waals surface area contributed by atoms with Crippen molar-refractivity contribution in [2.24, 2.45) is 5.73 Å². The summed E-state index contributed by atoms with van der Waals surface area (Å²) in [5.74, 6) is -0.500. The Labute approximate surface area is 229 Å². The van der Waals surface area contributed by atoms with Crippen LogP contribution < -0.4 is 21.1 Å². The van der Waals surface area contributed by atoms with E-state index in [-0.39, 0.29) is 17.3 Å². The number of nitrogens with zero attached hydrogens (tertiary/aromatic N) is 4. The highest BCUT2D eigenvalue weighted by Crippen LogP contribution is 2.49. The lowest BCUT2D eigenvalue weighted by Crippen LogP contribution is -2.54. The second-order valence-corrected chi connectivity index (χ2v) is 11.2. The molecular weight excluding hydrogens is 545 g/mol. The number of para-hydroxylation sites is 1. The van der Waals surface area contributed by atoms with Gasteiger partial charge in [0.25, 0.3) is 0 Å². The molecular formula is C24H30N7O8P. The fourth-order valence-corrected chi connectivity index (χ4v) is 5.66. The molecule has 6 atom stereocenters. The van der Waals surface area contributed by atoms with Gasteiger partial charge in [0.1, 0.15) is 48.5 Å². The summed E-state index contributed by atoms with van der Waals surface area (Å²) in [4.78, 5) is 16.3. The molecule has 2 aromatic heterocycles. The summed E-state index contributed by atoms with van der Waals surface area (Å²) in [5, 5.41) is 38.6. The van der Waals surface area contributed by atoms with Crippen LogP contribution in [0.4, 0.5) is 5.82 Å². The molecule has 1 aliphatic rings. The van der Waals surface area contributed by atoms with Gasteiger partial charge >= 0.3 is 13.7 Å². The second-order valence-electron chi connectivity index (χ2n) is 9.47. The maximum absolute atomic E-state index is 13.8. The molecule has 0 radical (unpaired) electrons. The number of benzene rings is 1. The van der Waals surface area contributed by atoms with Crippen molar-refractivity contribution in [2.75, 3.05) is 12.3 Å². The lowest BCUT2D eigenvalue weighted by molar-refractivity contribution is -0.149. The molecule has 1 aromatic carbocycles. The van der Waals surface area contributed by atoms with E-state index in [2.05, 4.69) is 15.2 Å². The molecule has 0 saturated carbocycles. The summed E-state index contributed by atoms with van der Waals surface area (Å²) in [6, 6.07) is 11.6. The fourth-order valence-electron chi connectivity index (χ4n) is 4.13. The molecule has 0 aliphatic carbocycles. The predicted octanol–water partition coefficient (Wildman–Crippen LogP) is 0.571. The van der Waals surface area contributed by atoms with E-state index < -0.39 is 56.0 Å². The number of ether oxygens (including phenoxy) is 2. The van der Waals surface area contributed by atoms with E-state index >= 15 is 0 Å². The van der Waals surface area contributed by atoms with E-state index in [9.17, 15) is 24.8 Å². The number of carbonyl (C=O) groups is 1. The zero-order valence-electron chi connectivity index (χ0n) is 21.9. The van der Waals surface area contributed by atoms with Gasteiger partial charge in [-0.05, 0) is 45.0 Å². The van der Waals surface area contributed by atoms with Crippen molar-refractivity contribution in [3.8, 4) is 11.8 Å². The highest BCUT2D eigenvalue weighted by molar-refractivity contribution is 7.52. The predicted molar refractivity (Wildman–Crippen MR) is 139 cm³/mol. The van der Waals surface area contributed by atoms with Crippen LogP contribution in [0, 0.1) is 11.3 Å². The van der Waals surface area contributed by atoms with Gasteiger partial charge in [0, 0.05) is 0 Å². The fraction of sp³-hybridized carbons (Fsp3) is 0.417. The van der Waals surface area contributed by atoms with Gasteiger partial charge in [-0.3, -0.25) is 15.1 Å². The number of fused-ring (bicyclic) bond motifs is 1. The number of nitrogens with two attached hydrogens (primary N) is 2. The summed E-state index contributed by atoms with van der Waals surface area (Å²) < 4.78 is 37.2. The number of aliphatic hydroxyl groups excluding tert-OH is 2. The van der Waals surface area contributed by atoms with Crippen molar-refractivity contribution in [2.45, 2.75) is 56.5 Å². The minimum absolute atomic E-state index is 0.00451. The normalized spacial score (nSPS) is 26.8. The van der Waals surface area contributed by atoms with Crippen molar-refractivity contribution in [3.05, 3.63) is 54.5 Å². The van der Waals surface area contributed by atoms with Crippen molar-refractivity contribution in [1.82, 2.24) is 19.7 Å². The number of aromatic nitrogens is 3. The summed E-state index contributed by atoms with van der Waals surface area (Å²) in [6.45, 7) is 3.85. The first kappa shape index (κ1) is 29.4. The molecule has 0 bridgehead atoms. The molecule has 0 spiro atoms. The van der Waals surface area contributed by atoms with E-state index in [1.807, 2.05) is 6.07 Å². The molecule has 1 fully saturated rings. The molecule has 3 aromatic rings. The first-order valence-corrected chi connectivity index (χ1v) is 13.7. The number of nitriles is 1. The minimum atomic E-state index is -4.42. The number of carbonyl (C=O) groups excluding carboxylic acids is 1. The molecule has 7 N–H and O–H groups in total. The van der Waals surface area contributed by atoms with E-state index in [0.717, 1.165) is 6.33 Å². The van der Waals surface area contributed by atoms with Crippen LogP contribution in [-0.2, 0) is 29.0 Å². The highest BCUT2D eigenvalue weighted by atomic mass is 31.2. The lowest BCUT2D eigenvalue weighted by Gasteiger charge is -2.30. The summed E-state index contributed by atoms with van der Waals surface area (Å²) in [7, 11) is -4.42. The Kier molecular flexibility index (Phi) is 8.16. The Hall–Kier alpha value is -3.61. The summed E-state index contributed by atoms with van der Waals surface area (Å²) in [5.41, 5.74) is 7.99. The van der Waals surface area contributed by atoms with Gasteiger partial charge in [-0.25, -0.2) is 14.1 Å². The van der Waals surface area contributed by atoms with E-state index in [1.165, 1.54) is 35.7 Å². The third-order valence-electron chi connectivity index (χ3n) is 6.08. The average Bonchev–Trinajstić information content (AvgIpc) is 3.43. The first-order chi connectivity index (χ1) is 18.8. The molecule has 16 heteroatoms. The first-order valence-electron chi connectivity index (χ1n) is 12.2. The molecule has 1 aliphatic heterocycles. The van der Waals surface area contributed by atoms with E-state index in [4.69, 9.17) is 30.0 Å². The second kappa shape index (κ2) is 11.1. The molecule has 4 rings (SSSR count). The van der Waals surface area contributed by atoms with Crippen molar-refractivity contribution >= 4 is 25.1 Å². The van der Waals surface area contributed by atoms with Gasteiger partial charge in [0.05, 0.1) is 11.8 Å². The Bertz CT molecular complexity index is 1460. The molecule has 40 heavy (non-hydrogen) atoms. The molecule has 15 nitrogen and oxygen atoms in total. The minimum Gasteiger partial charge on any atom is -0.462 e. The maximum atomic E-state index is 13.8. The quantitative estimate of drug-likeness (QED) is 0.164. The number of hydrogen-bond donors (Lipinski definition) is 5. The third kappa shape index (κ3) is 5.51. The molecule has 1 saturated heterocycles. The van der Waals surface area contributed by atoms with Crippen LogP contribution in [0.1, 0.15) is 26.5 Å². The van der Waals surface area contributed by atoms with Gasteiger partial charge in [-0.1, -0.05) is 18.2 Å². The number of nitrogen functional groups attached to an aromatic ring is 1. The Balaban J connectivity index is 1.62. The molecule has 0 amide bonds. The van der Waals surface area contributed by atoms with Gasteiger partial charge in [0.2, 0.25) is 5.60 Å². The van der Waals surface area contributed by atoms with Crippen LogP contribution in [0.25, 0.3) is 5.52 Å². The SMILES string of the molecule is CC(C)OC(=O)[C@@H](C)NP(=O)(OCC1(N)O[C@@](C#N)(c2ccc3c(N)ncnn23)[C@H](O)[C@@H]1O)Oc1ccccc1. The zero-order valence-corrected chi connectivity index (χ0v) is 22.8. The van der Waals surface area contributed by atoms with Crippen LogP contribution in [-0.4, -0.2) is 67.5 Å². The van der Waals surface area contributed by atoms with Crippen LogP contribution in [0.3, 0.4) is 0 Å². The molecule has 3 heterocycles. The van der Waals surface area contributed by atoms with Gasteiger partial charge in [-0.15, -0.1) is 0 Å². The lowest BCUT2D eigenvalue weighted by atomic mass is 9.91. The van der Waals surface area contributed by atoms with Crippen LogP contribution in [0.2, 0.25) is 0 Å². The van der Waals surface area contributed by atoms with Crippen LogP contribution in [0.5, 0.6) is 5.75 Å². The smallest absolute Gasteiger partial charge is 0.459 e. The zero-order chi connectivity index (χ0) is 29.3. The largest absolute Gasteiger partial charge is 0.462 e. The Morgan fingerprint density at radius 1 is 1.25 bits per heavy atom. The standard InChI is InChI=1S/C24H30N7O8P/c1-14(2)37-22(34)15(3)30-40(35,38-16-7-5-4-6-8-16)36-12-24(27)20(33)19(32)23(11-25,39-24)18-10-9-17-21(26)28-13-29-31(17)18/h4-10,13-15,19-20,32-33H,12,27H2,1-3H3,(H,30,35)(H2,26,28,29)/t15-,19-,20+,23+,24?,40?/m1/s1. The van der Waals surface area contributed by atoms with Crippen molar-refractivity contribution in [3.63, 3.8) is 0 Å². The monoisotopic (exact) mass is 575 g/mol. The topological polar surface area (TPSA) is 230 Å². The maximum Gasteiger partial charge on any atom is 0.459 e. The van der Waals surface area contributed by atoms with Crippen LogP contribution >= 0.6 is 7.75 Å². The number of hydrogen-bond acceptors (Lipinski definition) is 13.